The van der Waals surface area contributed by atoms with E-state index in [4.69, 9.17) is 9.47 Å². The third kappa shape index (κ3) is 4.84. The molecule has 0 saturated carbocycles. The van der Waals surface area contributed by atoms with Crippen LogP contribution >= 0.6 is 11.3 Å². The fourth-order valence-electron chi connectivity index (χ4n) is 4.40. The summed E-state index contributed by atoms with van der Waals surface area (Å²) in [7, 11) is 0. The van der Waals surface area contributed by atoms with E-state index in [0.29, 0.717) is 6.61 Å². The van der Waals surface area contributed by atoms with Crippen LogP contribution in [0.15, 0.2) is 66.8 Å². The van der Waals surface area contributed by atoms with Gasteiger partial charge in [-0.25, -0.2) is 0 Å². The lowest BCUT2D eigenvalue weighted by atomic mass is 9.98. The van der Waals surface area contributed by atoms with Crippen molar-refractivity contribution in [1.82, 2.24) is 4.90 Å². The molecule has 1 aromatic heterocycles. The Balaban J connectivity index is 1.30. The summed E-state index contributed by atoms with van der Waals surface area (Å²) in [6, 6.07) is 13.4. The second-order valence-electron chi connectivity index (χ2n) is 8.46. The SMILES string of the molecule is Oc1ccc2c(Oc3ccc(OCCN4CCCCC4)cc3)c(C3C=CC=CC3)sc2c1. The molecule has 0 radical (unpaired) electrons. The number of thiophene rings is 1. The predicted molar refractivity (Wildman–Crippen MR) is 131 cm³/mol. The van der Waals surface area contributed by atoms with Crippen LogP contribution in [-0.2, 0) is 0 Å². The van der Waals surface area contributed by atoms with Gasteiger partial charge in [-0.2, -0.15) is 0 Å². The summed E-state index contributed by atoms with van der Waals surface area (Å²) in [5.41, 5.74) is 0. The van der Waals surface area contributed by atoms with Crippen molar-refractivity contribution in [2.45, 2.75) is 31.6 Å². The molecule has 1 N–H and O–H groups in total. The number of likely N-dealkylation sites (tertiary alicyclic amines) is 1. The van der Waals surface area contributed by atoms with Crippen molar-refractivity contribution in [2.75, 3.05) is 26.2 Å². The Kier molecular flexibility index (Phi) is 6.46. The van der Waals surface area contributed by atoms with E-state index in [1.54, 1.807) is 17.4 Å². The fourth-order valence-corrected chi connectivity index (χ4v) is 5.66. The highest BCUT2D eigenvalue weighted by Crippen LogP contribution is 2.46. The van der Waals surface area contributed by atoms with Crippen LogP contribution < -0.4 is 9.47 Å². The average Bonchev–Trinajstić information content (AvgIpc) is 3.18. The normalized spacial score (nSPS) is 18.8. The van der Waals surface area contributed by atoms with Crippen LogP contribution in [0.4, 0.5) is 0 Å². The van der Waals surface area contributed by atoms with E-state index in [1.807, 2.05) is 36.4 Å². The van der Waals surface area contributed by atoms with Gasteiger partial charge in [-0.05, 0) is 74.8 Å². The van der Waals surface area contributed by atoms with E-state index < -0.39 is 0 Å². The maximum atomic E-state index is 9.94. The third-order valence-corrected chi connectivity index (χ3v) is 7.41. The first-order valence-electron chi connectivity index (χ1n) is 11.5. The van der Waals surface area contributed by atoms with Crippen LogP contribution in [0.5, 0.6) is 23.0 Å². The van der Waals surface area contributed by atoms with Gasteiger partial charge in [-0.1, -0.05) is 30.7 Å². The molecule has 1 unspecified atom stereocenters. The van der Waals surface area contributed by atoms with Gasteiger partial charge < -0.3 is 14.6 Å². The quantitative estimate of drug-likeness (QED) is 0.429. The van der Waals surface area contributed by atoms with E-state index in [1.165, 1.54) is 37.2 Å². The Morgan fingerprint density at radius 1 is 0.969 bits per heavy atom. The molecule has 32 heavy (non-hydrogen) atoms. The summed E-state index contributed by atoms with van der Waals surface area (Å²) < 4.78 is 13.4. The van der Waals surface area contributed by atoms with Crippen LogP contribution in [0.2, 0.25) is 0 Å². The smallest absolute Gasteiger partial charge is 0.149 e. The van der Waals surface area contributed by atoms with Crippen molar-refractivity contribution in [2.24, 2.45) is 0 Å². The van der Waals surface area contributed by atoms with Gasteiger partial charge in [0, 0.05) is 22.5 Å². The maximum Gasteiger partial charge on any atom is 0.149 e. The van der Waals surface area contributed by atoms with Crippen LogP contribution in [0.25, 0.3) is 10.1 Å². The molecule has 1 aliphatic carbocycles. The summed E-state index contributed by atoms with van der Waals surface area (Å²) in [6.07, 6.45) is 13.5. The molecule has 1 fully saturated rings. The van der Waals surface area contributed by atoms with Crippen molar-refractivity contribution in [3.05, 3.63) is 71.6 Å². The Bertz CT molecular complexity index is 1110. The van der Waals surface area contributed by atoms with Gasteiger partial charge in [-0.3, -0.25) is 4.90 Å². The molecule has 0 bridgehead atoms. The number of phenols is 1. The molecule has 1 saturated heterocycles. The molecule has 5 rings (SSSR count). The molecular formula is C27H29NO3S. The van der Waals surface area contributed by atoms with E-state index in [0.717, 1.165) is 40.3 Å². The van der Waals surface area contributed by atoms with E-state index in [2.05, 4.69) is 29.2 Å². The summed E-state index contributed by atoms with van der Waals surface area (Å²) >= 11 is 1.69. The second kappa shape index (κ2) is 9.80. The van der Waals surface area contributed by atoms with E-state index in [9.17, 15) is 5.11 Å². The first-order chi connectivity index (χ1) is 15.8. The lowest BCUT2D eigenvalue weighted by Crippen LogP contribution is -2.33. The summed E-state index contributed by atoms with van der Waals surface area (Å²) in [6.45, 7) is 4.08. The number of aromatic hydroxyl groups is 1. The molecular weight excluding hydrogens is 418 g/mol. The third-order valence-electron chi connectivity index (χ3n) is 6.14. The van der Waals surface area contributed by atoms with Gasteiger partial charge in [0.1, 0.15) is 29.6 Å². The van der Waals surface area contributed by atoms with Crippen molar-refractivity contribution >= 4 is 21.4 Å². The summed E-state index contributed by atoms with van der Waals surface area (Å²) in [5, 5.41) is 11.0. The van der Waals surface area contributed by atoms with Crippen LogP contribution in [-0.4, -0.2) is 36.2 Å². The first-order valence-corrected chi connectivity index (χ1v) is 12.3. The molecule has 1 aliphatic heterocycles. The number of allylic oxidation sites excluding steroid dienone is 4. The molecule has 3 aromatic rings. The molecule has 2 aromatic carbocycles. The lowest BCUT2D eigenvalue weighted by molar-refractivity contribution is 0.183. The molecule has 2 aliphatic rings. The van der Waals surface area contributed by atoms with Gasteiger partial charge in [-0.15, -0.1) is 11.3 Å². The first kappa shape index (κ1) is 21.1. The number of rotatable bonds is 7. The zero-order chi connectivity index (χ0) is 21.8. The molecule has 5 heteroatoms. The monoisotopic (exact) mass is 447 g/mol. The van der Waals surface area contributed by atoms with Crippen molar-refractivity contribution in [1.29, 1.82) is 0 Å². The maximum absolute atomic E-state index is 9.94. The number of fused-ring (bicyclic) bond motifs is 1. The molecule has 0 amide bonds. The number of piperidine rings is 1. The van der Waals surface area contributed by atoms with Crippen molar-refractivity contribution in [3.8, 4) is 23.0 Å². The standard InChI is InChI=1S/C27H29NO3S/c29-21-9-14-24-25(19-21)32-27(20-7-3-1-4-8-20)26(24)31-23-12-10-22(11-13-23)30-18-17-28-15-5-2-6-16-28/h1,3-4,7,9-14,19-20,29H,2,5-6,8,15-18H2. The highest BCUT2D eigenvalue weighted by atomic mass is 32.1. The minimum absolute atomic E-state index is 0.280. The van der Waals surface area contributed by atoms with Gasteiger partial charge >= 0.3 is 0 Å². The van der Waals surface area contributed by atoms with Crippen molar-refractivity contribution in [3.63, 3.8) is 0 Å². The number of ether oxygens (including phenoxy) is 2. The zero-order valence-electron chi connectivity index (χ0n) is 18.2. The van der Waals surface area contributed by atoms with Crippen LogP contribution in [0.1, 0.15) is 36.5 Å². The highest BCUT2D eigenvalue weighted by molar-refractivity contribution is 7.19. The average molecular weight is 448 g/mol. The zero-order valence-corrected chi connectivity index (χ0v) is 19.0. The van der Waals surface area contributed by atoms with Crippen LogP contribution in [0, 0.1) is 0 Å². The highest BCUT2D eigenvalue weighted by Gasteiger charge is 2.21. The fraction of sp³-hybridized carbons (Fsp3) is 0.333. The number of hydrogen-bond acceptors (Lipinski definition) is 5. The Morgan fingerprint density at radius 2 is 1.78 bits per heavy atom. The Morgan fingerprint density at radius 3 is 2.56 bits per heavy atom. The summed E-state index contributed by atoms with van der Waals surface area (Å²) in [5.74, 6) is 3.11. The lowest BCUT2D eigenvalue weighted by Gasteiger charge is -2.26. The van der Waals surface area contributed by atoms with Gasteiger partial charge in [0.15, 0.2) is 0 Å². The molecule has 166 valence electrons. The van der Waals surface area contributed by atoms with E-state index >= 15 is 0 Å². The van der Waals surface area contributed by atoms with Gasteiger partial charge in [0.25, 0.3) is 0 Å². The minimum atomic E-state index is 0.280. The van der Waals surface area contributed by atoms with Crippen LogP contribution in [0.3, 0.4) is 0 Å². The Labute approximate surface area is 193 Å². The van der Waals surface area contributed by atoms with Crippen molar-refractivity contribution < 1.29 is 14.6 Å². The molecule has 1 atom stereocenters. The number of phenolic OH excluding ortho intramolecular Hbond substituents is 1. The number of nitrogens with zero attached hydrogens (tertiary/aromatic N) is 1. The second-order valence-corrected chi connectivity index (χ2v) is 9.54. The molecule has 0 spiro atoms. The van der Waals surface area contributed by atoms with Gasteiger partial charge in [0.05, 0.1) is 4.88 Å². The Hall–Kier alpha value is -2.76. The topological polar surface area (TPSA) is 41.9 Å². The minimum Gasteiger partial charge on any atom is -0.508 e. The molecule has 2 heterocycles. The predicted octanol–water partition coefficient (Wildman–Crippen LogP) is 6.86. The van der Waals surface area contributed by atoms with Gasteiger partial charge in [0.2, 0.25) is 0 Å². The largest absolute Gasteiger partial charge is 0.508 e. The number of hydrogen-bond donors (Lipinski definition) is 1. The number of benzene rings is 2. The molecule has 4 nitrogen and oxygen atoms in total. The summed E-state index contributed by atoms with van der Waals surface area (Å²) in [4.78, 5) is 3.67. The van der Waals surface area contributed by atoms with E-state index in [-0.39, 0.29) is 11.7 Å².